The molecule has 5 nitrogen and oxygen atoms in total. The SMILES string of the molecule is COC(=O)c1nn(CCC(F)(F)F)c2cc(OCCC(F)(F)F)ccc12. The summed E-state index contributed by atoms with van der Waals surface area (Å²) in [6, 6.07) is 3.88. The minimum Gasteiger partial charge on any atom is -0.493 e. The van der Waals surface area contributed by atoms with E-state index in [4.69, 9.17) is 4.74 Å². The minimum absolute atomic E-state index is 0.0197. The molecule has 1 aromatic heterocycles. The van der Waals surface area contributed by atoms with Crippen LogP contribution in [0.25, 0.3) is 10.9 Å². The van der Waals surface area contributed by atoms with E-state index in [1.54, 1.807) is 0 Å². The van der Waals surface area contributed by atoms with Crippen LogP contribution in [0.3, 0.4) is 0 Å². The molecule has 0 saturated carbocycles. The monoisotopic (exact) mass is 384 g/mol. The quantitative estimate of drug-likeness (QED) is 0.556. The van der Waals surface area contributed by atoms with Gasteiger partial charge in [-0.25, -0.2) is 4.79 Å². The Morgan fingerprint density at radius 2 is 1.77 bits per heavy atom. The number of benzene rings is 1. The standard InChI is InChI=1S/C15H14F6N2O3/c1-25-13(24)12-10-3-2-9(26-7-5-15(19,20)21)8-11(10)23(22-12)6-4-14(16,17)18/h2-3,8H,4-7H2,1H3. The predicted octanol–water partition coefficient (Wildman–Crippen LogP) is 4.11. The molecule has 0 N–H and O–H groups in total. The number of hydrogen-bond acceptors (Lipinski definition) is 4. The molecule has 0 radical (unpaired) electrons. The highest BCUT2D eigenvalue weighted by Crippen LogP contribution is 2.28. The second-order valence-corrected chi connectivity index (χ2v) is 5.32. The summed E-state index contributed by atoms with van der Waals surface area (Å²) in [5.41, 5.74) is -0.0642. The van der Waals surface area contributed by atoms with Crippen molar-refractivity contribution in [1.29, 1.82) is 0 Å². The highest BCUT2D eigenvalue weighted by atomic mass is 19.4. The predicted molar refractivity (Wildman–Crippen MR) is 77.9 cm³/mol. The zero-order chi connectivity index (χ0) is 19.5. The number of halogens is 6. The number of carbonyl (C=O) groups is 1. The molecular weight excluding hydrogens is 370 g/mol. The van der Waals surface area contributed by atoms with Gasteiger partial charge in [-0.15, -0.1) is 0 Å². The molecule has 0 unspecified atom stereocenters. The van der Waals surface area contributed by atoms with Crippen molar-refractivity contribution in [3.05, 3.63) is 23.9 Å². The largest absolute Gasteiger partial charge is 0.493 e. The highest BCUT2D eigenvalue weighted by molar-refractivity contribution is 6.02. The molecule has 0 atom stereocenters. The van der Waals surface area contributed by atoms with E-state index in [1.165, 1.54) is 18.2 Å². The summed E-state index contributed by atoms with van der Waals surface area (Å²) in [6.45, 7) is -1.21. The Hall–Kier alpha value is -2.46. The molecule has 1 heterocycles. The normalized spacial score (nSPS) is 12.4. The first-order chi connectivity index (χ1) is 12.0. The lowest BCUT2D eigenvalue weighted by molar-refractivity contribution is -0.139. The Kier molecular flexibility index (Phi) is 5.67. The second kappa shape index (κ2) is 7.42. The van der Waals surface area contributed by atoms with E-state index in [1.807, 2.05) is 0 Å². The summed E-state index contributed by atoms with van der Waals surface area (Å²) >= 11 is 0. The van der Waals surface area contributed by atoms with Gasteiger partial charge in [0.2, 0.25) is 0 Å². The van der Waals surface area contributed by atoms with Gasteiger partial charge in [0.25, 0.3) is 0 Å². The first kappa shape index (κ1) is 19.9. The molecule has 0 bridgehead atoms. The number of aromatic nitrogens is 2. The van der Waals surface area contributed by atoms with E-state index in [2.05, 4.69) is 9.84 Å². The maximum absolute atomic E-state index is 12.5. The van der Waals surface area contributed by atoms with E-state index in [9.17, 15) is 31.1 Å². The van der Waals surface area contributed by atoms with Crippen molar-refractivity contribution in [3.8, 4) is 5.75 Å². The van der Waals surface area contributed by atoms with Crippen molar-refractivity contribution in [3.63, 3.8) is 0 Å². The molecule has 0 saturated heterocycles. The fourth-order valence-corrected chi connectivity index (χ4v) is 2.18. The van der Waals surface area contributed by atoms with E-state index in [0.29, 0.717) is 0 Å². The summed E-state index contributed by atoms with van der Waals surface area (Å²) in [4.78, 5) is 11.7. The maximum atomic E-state index is 12.5. The van der Waals surface area contributed by atoms with Gasteiger partial charge in [-0.2, -0.15) is 31.4 Å². The number of fused-ring (bicyclic) bond motifs is 1. The Morgan fingerprint density at radius 1 is 1.12 bits per heavy atom. The highest BCUT2D eigenvalue weighted by Gasteiger charge is 2.29. The lowest BCUT2D eigenvalue weighted by Gasteiger charge is -2.10. The number of esters is 1. The zero-order valence-electron chi connectivity index (χ0n) is 13.4. The number of rotatable bonds is 6. The number of ether oxygens (including phenoxy) is 2. The van der Waals surface area contributed by atoms with Crippen molar-refractivity contribution >= 4 is 16.9 Å². The Bertz CT molecular complexity index is 782. The van der Waals surface area contributed by atoms with Gasteiger partial charge >= 0.3 is 18.3 Å². The number of aryl methyl sites for hydroxylation is 1. The molecule has 0 amide bonds. The number of nitrogens with zero attached hydrogens (tertiary/aromatic N) is 2. The zero-order valence-corrected chi connectivity index (χ0v) is 13.4. The maximum Gasteiger partial charge on any atom is 0.392 e. The summed E-state index contributed by atoms with van der Waals surface area (Å²) in [5.74, 6) is -0.821. The summed E-state index contributed by atoms with van der Waals surface area (Å²) in [5, 5.41) is 4.04. The van der Waals surface area contributed by atoms with Crippen LogP contribution in [0.5, 0.6) is 5.75 Å². The average molecular weight is 384 g/mol. The topological polar surface area (TPSA) is 53.3 Å². The van der Waals surface area contributed by atoms with E-state index in [-0.39, 0.29) is 22.3 Å². The molecule has 1 aromatic carbocycles. The number of alkyl halides is 6. The first-order valence-electron chi connectivity index (χ1n) is 7.35. The molecule has 0 aliphatic heterocycles. The van der Waals surface area contributed by atoms with Gasteiger partial charge in [0.05, 0.1) is 38.6 Å². The minimum atomic E-state index is -4.44. The van der Waals surface area contributed by atoms with Crippen LogP contribution >= 0.6 is 0 Å². The second-order valence-electron chi connectivity index (χ2n) is 5.32. The lowest BCUT2D eigenvalue weighted by Crippen LogP contribution is -2.14. The molecule has 144 valence electrons. The van der Waals surface area contributed by atoms with Crippen LogP contribution < -0.4 is 4.74 Å². The van der Waals surface area contributed by atoms with Crippen LogP contribution in [0.1, 0.15) is 23.3 Å². The van der Waals surface area contributed by atoms with Crippen LogP contribution in [0.15, 0.2) is 18.2 Å². The van der Waals surface area contributed by atoms with E-state index in [0.717, 1.165) is 11.8 Å². The molecular formula is C15H14F6N2O3. The van der Waals surface area contributed by atoms with Crippen molar-refractivity contribution in [2.24, 2.45) is 0 Å². The van der Waals surface area contributed by atoms with Gasteiger partial charge in [0.1, 0.15) is 5.75 Å². The third-order valence-electron chi connectivity index (χ3n) is 3.36. The molecule has 0 spiro atoms. The van der Waals surface area contributed by atoms with Gasteiger partial charge in [0, 0.05) is 11.5 Å². The van der Waals surface area contributed by atoms with Crippen molar-refractivity contribution < 1.29 is 40.6 Å². The summed E-state index contributed by atoms with van der Waals surface area (Å²) < 4.78 is 84.4. The van der Waals surface area contributed by atoms with Crippen molar-refractivity contribution in [1.82, 2.24) is 9.78 Å². The van der Waals surface area contributed by atoms with E-state index < -0.39 is 44.3 Å². The number of methoxy groups -OCH3 is 1. The Balaban J connectivity index is 2.32. The van der Waals surface area contributed by atoms with Gasteiger partial charge in [-0.3, -0.25) is 4.68 Å². The Labute approximate surface area is 143 Å². The van der Waals surface area contributed by atoms with Crippen LogP contribution in [0.2, 0.25) is 0 Å². The van der Waals surface area contributed by atoms with Crippen LogP contribution in [-0.4, -0.2) is 41.8 Å². The molecule has 11 heteroatoms. The third kappa shape index (κ3) is 5.27. The Morgan fingerprint density at radius 3 is 2.35 bits per heavy atom. The summed E-state index contributed by atoms with van der Waals surface area (Å²) in [6.07, 6.45) is -11.2. The van der Waals surface area contributed by atoms with Crippen LogP contribution in [-0.2, 0) is 11.3 Å². The lowest BCUT2D eigenvalue weighted by atomic mass is 10.2. The molecule has 0 aliphatic carbocycles. The van der Waals surface area contributed by atoms with Gasteiger partial charge in [-0.1, -0.05) is 0 Å². The van der Waals surface area contributed by atoms with Crippen LogP contribution in [0.4, 0.5) is 26.3 Å². The fourth-order valence-electron chi connectivity index (χ4n) is 2.18. The molecule has 26 heavy (non-hydrogen) atoms. The molecule has 2 rings (SSSR count). The average Bonchev–Trinajstić information content (AvgIpc) is 2.88. The van der Waals surface area contributed by atoms with Crippen molar-refractivity contribution in [2.75, 3.05) is 13.7 Å². The van der Waals surface area contributed by atoms with Crippen LogP contribution in [0, 0.1) is 0 Å². The molecule has 0 fully saturated rings. The number of carbonyl (C=O) groups excluding carboxylic acids is 1. The fraction of sp³-hybridized carbons (Fsp3) is 0.467. The number of hydrogen-bond donors (Lipinski definition) is 0. The molecule has 0 aliphatic rings. The third-order valence-corrected chi connectivity index (χ3v) is 3.36. The van der Waals surface area contributed by atoms with Gasteiger partial charge in [-0.05, 0) is 12.1 Å². The smallest absolute Gasteiger partial charge is 0.392 e. The van der Waals surface area contributed by atoms with Crippen molar-refractivity contribution in [2.45, 2.75) is 31.7 Å². The first-order valence-corrected chi connectivity index (χ1v) is 7.35. The van der Waals surface area contributed by atoms with Gasteiger partial charge < -0.3 is 9.47 Å². The van der Waals surface area contributed by atoms with E-state index >= 15 is 0 Å². The molecule has 2 aromatic rings. The summed E-state index contributed by atoms with van der Waals surface area (Å²) in [7, 11) is 1.09. The van der Waals surface area contributed by atoms with Gasteiger partial charge in [0.15, 0.2) is 5.69 Å².